The number of carbonyl (C=O) groups is 4. The highest BCUT2D eigenvalue weighted by Crippen LogP contribution is 2.34. The molecule has 0 fully saturated rings. The van der Waals surface area contributed by atoms with Crippen LogP contribution in [0.4, 0.5) is 58.2 Å². The molecule has 0 unspecified atom stereocenters. The highest BCUT2D eigenvalue weighted by Gasteiger charge is 2.26. The first-order valence-electron chi connectivity index (χ1n) is 35.1. The van der Waals surface area contributed by atoms with Crippen LogP contribution in [0.3, 0.4) is 0 Å². The molecule has 4 aliphatic rings. The van der Waals surface area contributed by atoms with Crippen molar-refractivity contribution < 1.29 is 36.7 Å². The minimum atomic E-state index is -0.656. The van der Waals surface area contributed by atoms with E-state index in [0.29, 0.717) is 60.8 Å². The molecule has 4 aromatic carbocycles. The third-order valence-electron chi connectivity index (χ3n) is 18.9. The third kappa shape index (κ3) is 19.2. The molecular weight excluding hydrogens is 1430 g/mol. The summed E-state index contributed by atoms with van der Waals surface area (Å²) in [6.45, 7) is 14.4. The van der Waals surface area contributed by atoms with Gasteiger partial charge in [0.15, 0.2) is 29.5 Å². The molecule has 29 nitrogen and oxygen atoms in total. The zero-order valence-electron chi connectivity index (χ0n) is 61.2. The second kappa shape index (κ2) is 35.6. The Balaban J connectivity index is 0.000000138. The van der Waals surface area contributed by atoms with E-state index >= 15 is 0 Å². The minimum Gasteiger partial charge on any atom is -0.335 e. The number of nitriles is 1. The summed E-state index contributed by atoms with van der Waals surface area (Å²) >= 11 is 0. The van der Waals surface area contributed by atoms with Crippen molar-refractivity contribution >= 4 is 86.5 Å². The van der Waals surface area contributed by atoms with Gasteiger partial charge in [0.1, 0.15) is 0 Å². The van der Waals surface area contributed by atoms with Crippen molar-refractivity contribution in [3.05, 3.63) is 261 Å². The molecule has 111 heavy (non-hydrogen) atoms. The van der Waals surface area contributed by atoms with Crippen LogP contribution in [0.2, 0.25) is 0 Å². The maximum atomic E-state index is 13.7. The van der Waals surface area contributed by atoms with E-state index in [1.807, 2.05) is 79.8 Å². The number of carbonyl (C=O) groups excluding carboxylic acids is 4. The van der Waals surface area contributed by atoms with E-state index in [1.54, 1.807) is 40.9 Å². The number of amides is 4. The van der Waals surface area contributed by atoms with Gasteiger partial charge in [-0.25, -0.2) is 22.2 Å². The monoisotopic (exact) mass is 1500 g/mol. The lowest BCUT2D eigenvalue weighted by atomic mass is 9.95. The molecule has 7 aromatic heterocycles. The van der Waals surface area contributed by atoms with Crippen molar-refractivity contribution in [2.24, 2.45) is 14.1 Å². The third-order valence-corrected chi connectivity index (χ3v) is 18.9. The summed E-state index contributed by atoms with van der Waals surface area (Å²) in [5, 5.41) is 58.1. The molecule has 15 rings (SSSR count). The molecule has 0 bridgehead atoms. The van der Waals surface area contributed by atoms with Crippen LogP contribution < -0.4 is 36.0 Å². The first kappa shape index (κ1) is 76.6. The average Bonchev–Trinajstić information content (AvgIpc) is 1.81. The van der Waals surface area contributed by atoms with Crippen LogP contribution in [0.15, 0.2) is 193 Å². The molecule has 11 aromatic rings. The number of nitrogens with zero attached hydrogens (tertiary/aromatic N) is 20. The molecule has 0 saturated carbocycles. The van der Waals surface area contributed by atoms with Crippen molar-refractivity contribution in [2.45, 2.75) is 53.4 Å². The topological polar surface area (TPSA) is 346 Å². The number of hydrogen-bond acceptors (Lipinski definition) is 22. The van der Waals surface area contributed by atoms with E-state index < -0.39 is 46.9 Å². The largest absolute Gasteiger partial charge is 0.335 e. The molecule has 0 saturated heterocycles. The Morgan fingerprint density at radius 3 is 1.08 bits per heavy atom. The van der Waals surface area contributed by atoms with Crippen LogP contribution in [-0.4, -0.2) is 162 Å². The lowest BCUT2D eigenvalue weighted by Gasteiger charge is -2.30. The van der Waals surface area contributed by atoms with E-state index in [9.17, 15) is 36.7 Å². The summed E-state index contributed by atoms with van der Waals surface area (Å²) in [7, 11) is 3.57. The van der Waals surface area contributed by atoms with Gasteiger partial charge in [0.25, 0.3) is 35.5 Å². The van der Waals surface area contributed by atoms with E-state index in [0.717, 1.165) is 110 Å². The number of rotatable bonds is 15. The van der Waals surface area contributed by atoms with E-state index in [-0.39, 0.29) is 22.3 Å². The van der Waals surface area contributed by atoms with Crippen molar-refractivity contribution in [3.63, 3.8) is 0 Å². The van der Waals surface area contributed by atoms with Crippen LogP contribution >= 0.6 is 0 Å². The van der Waals surface area contributed by atoms with Crippen LogP contribution in [0.25, 0.3) is 22.3 Å². The van der Waals surface area contributed by atoms with Crippen LogP contribution in [0, 0.1) is 34.7 Å². The van der Waals surface area contributed by atoms with Gasteiger partial charge in [-0.2, -0.15) is 15.3 Å². The van der Waals surface area contributed by atoms with Crippen molar-refractivity contribution in [3.8, 4) is 6.19 Å². The summed E-state index contributed by atoms with van der Waals surface area (Å²) in [5.74, 6) is -2.73. The van der Waals surface area contributed by atoms with Gasteiger partial charge in [0.05, 0.1) is 60.6 Å². The van der Waals surface area contributed by atoms with E-state index in [2.05, 4.69) is 141 Å². The van der Waals surface area contributed by atoms with Gasteiger partial charge < -0.3 is 40.9 Å². The second-order valence-corrected chi connectivity index (χ2v) is 26.3. The number of aryl methyl sites for hydroxylation is 2. The standard InChI is InChI=1S/2C20H20FN7O.C19H18FN7O.C19H17FN4O/c1-13-8-10-28(20-24-25-26-27(20)2)12-17(13)14-3-5-15(6-4-14)23-19(29)16-7-9-22-11-18(16)21;1-13-8-10-28(20-24-26-27(2)25-20)12-17(13)14-3-5-15(6-4-14)23-19(29)16-7-9-22-11-18(16)21;1-12-7-9-27(19-23-25-26-24-19)11-16(12)13-2-4-14(5-3-13)22-18(28)15-6-8-21-10-17(15)20;1-13-7-9-24(12-21)11-17(13)14-2-4-15(5-3-14)23-19(25)16-6-8-22-10-18(16)20/h2*3-7,9,11H,8,10,12H2,1-2H3,(H,23,29);2-6,8,10H,7,9,11H2,1H3,(H,22,28)(H,23,24,25,26);2-6,8,10H,7,9,11H2,1H3,(H,23,25). The van der Waals surface area contributed by atoms with Gasteiger partial charge in [-0.3, -0.25) is 39.1 Å². The SMILES string of the molecule is CC1=C(c2ccc(NC(=O)c3ccncc3F)cc2)CN(C#N)CC1.CC1=C(c2ccc(NC(=O)c3ccncc3F)cc2)CN(c2nn[nH]n2)CC1.CC1=C(c2ccc(NC(=O)c3ccncc3F)cc2)CN(c2nnn(C)n2)CC1.CC1=C(c2ccc(NC(=O)c3ccncc3F)cc2)CN(c2nnnn2C)CC1. The molecule has 0 aliphatic carbocycles. The Kier molecular flexibility index (Phi) is 24.5. The zero-order valence-corrected chi connectivity index (χ0v) is 61.2. The predicted molar refractivity (Wildman–Crippen MR) is 409 cm³/mol. The molecule has 0 radical (unpaired) electrons. The molecule has 4 amide bonds. The summed E-state index contributed by atoms with van der Waals surface area (Å²) in [4.78, 5) is 72.9. The van der Waals surface area contributed by atoms with Crippen molar-refractivity contribution in [1.82, 2.24) is 85.9 Å². The average molecular weight is 1500 g/mol. The van der Waals surface area contributed by atoms with E-state index in [4.69, 9.17) is 5.26 Å². The smallest absolute Gasteiger partial charge is 0.266 e. The van der Waals surface area contributed by atoms with Crippen LogP contribution in [0.5, 0.6) is 0 Å². The zero-order chi connectivity index (χ0) is 78.1. The first-order chi connectivity index (χ1) is 53.7. The second-order valence-electron chi connectivity index (χ2n) is 26.3. The Hall–Kier alpha value is -14.1. The molecule has 33 heteroatoms. The molecule has 11 heterocycles. The number of aromatic amines is 1. The fraction of sp³-hybridized carbons (Fsp3) is 0.231. The number of nitrogens with one attached hydrogen (secondary N) is 5. The number of tetrazole rings is 3. The quantitative estimate of drug-likeness (QED) is 0.0470. The van der Waals surface area contributed by atoms with Gasteiger partial charge in [-0.05, 0) is 192 Å². The molecule has 4 aliphatic heterocycles. The maximum absolute atomic E-state index is 13.7. The summed E-state index contributed by atoms with van der Waals surface area (Å²) in [6.07, 6.45) is 15.4. The highest BCUT2D eigenvalue weighted by molar-refractivity contribution is 6.06. The normalized spacial score (nSPS) is 14.2. The number of H-pyrrole nitrogens is 1. The Morgan fingerprint density at radius 2 is 0.766 bits per heavy atom. The van der Waals surface area contributed by atoms with Gasteiger partial charge in [-0.1, -0.05) is 86.1 Å². The highest BCUT2D eigenvalue weighted by atomic mass is 19.1. The predicted octanol–water partition coefficient (Wildman–Crippen LogP) is 11.5. The molecule has 0 atom stereocenters. The maximum Gasteiger partial charge on any atom is 0.266 e. The molecule has 564 valence electrons. The fourth-order valence-corrected chi connectivity index (χ4v) is 12.6. The van der Waals surface area contributed by atoms with Crippen molar-refractivity contribution in [2.75, 3.05) is 88.3 Å². The number of benzene rings is 4. The first-order valence-corrected chi connectivity index (χ1v) is 35.1. The van der Waals surface area contributed by atoms with Gasteiger partial charge in [-0.15, -0.1) is 10.2 Å². The molecule has 5 N–H and O–H groups in total. The van der Waals surface area contributed by atoms with Gasteiger partial charge in [0, 0.05) is 100 Å². The fourth-order valence-electron chi connectivity index (χ4n) is 12.6. The number of hydrogen-bond donors (Lipinski definition) is 5. The number of halogens is 4. The van der Waals surface area contributed by atoms with Gasteiger partial charge >= 0.3 is 0 Å². The van der Waals surface area contributed by atoms with Crippen molar-refractivity contribution in [1.29, 1.82) is 5.26 Å². The molecule has 0 spiro atoms. The summed E-state index contributed by atoms with van der Waals surface area (Å²) in [6, 6.07) is 35.3. The minimum absolute atomic E-state index is 0.0390. The summed E-state index contributed by atoms with van der Waals surface area (Å²) in [5.41, 5.74) is 16.3. The number of pyridine rings is 4. The Morgan fingerprint density at radius 1 is 0.423 bits per heavy atom. The number of aromatic nitrogens is 16. The van der Waals surface area contributed by atoms with Crippen LogP contribution in [-0.2, 0) is 14.1 Å². The summed E-state index contributed by atoms with van der Waals surface area (Å²) < 4.78 is 56.4. The number of anilines is 7. The lowest BCUT2D eigenvalue weighted by Crippen LogP contribution is -2.33. The van der Waals surface area contributed by atoms with E-state index in [1.165, 1.54) is 92.9 Å². The van der Waals surface area contributed by atoms with Gasteiger partial charge in [0.2, 0.25) is 5.95 Å². The van der Waals surface area contributed by atoms with Crippen LogP contribution in [0.1, 0.15) is 117 Å². The Bertz CT molecular complexity index is 5350. The Labute approximate surface area is 634 Å². The lowest BCUT2D eigenvalue weighted by molar-refractivity contribution is 0.101. The molecular formula is C78H75F4N25O4.